The molecule has 0 aromatic carbocycles. The Labute approximate surface area is 135 Å². The van der Waals surface area contributed by atoms with Crippen LogP contribution >= 0.6 is 11.8 Å². The van der Waals surface area contributed by atoms with E-state index in [4.69, 9.17) is 0 Å². The van der Waals surface area contributed by atoms with Crippen molar-refractivity contribution < 1.29 is 13.2 Å². The maximum Gasteiger partial charge on any atom is 0.221 e. The first-order valence-electron chi connectivity index (χ1n) is 7.25. The van der Waals surface area contributed by atoms with Gasteiger partial charge in [-0.2, -0.15) is 21.2 Å². The lowest BCUT2D eigenvalue weighted by molar-refractivity contribution is -0.120. The van der Waals surface area contributed by atoms with Crippen molar-refractivity contribution in [2.75, 3.05) is 24.3 Å². The summed E-state index contributed by atoms with van der Waals surface area (Å²) in [5.74, 6) is 1.85. The van der Waals surface area contributed by atoms with Crippen molar-refractivity contribution in [3.8, 4) is 0 Å². The second-order valence-corrected chi connectivity index (χ2v) is 8.55. The third-order valence-corrected chi connectivity index (χ3v) is 5.58. The number of sulfonamides is 1. The lowest BCUT2D eigenvalue weighted by atomic mass is 10.3. The van der Waals surface area contributed by atoms with Crippen molar-refractivity contribution in [1.82, 2.24) is 19.4 Å². The zero-order valence-electron chi connectivity index (χ0n) is 12.9. The predicted molar refractivity (Wildman–Crippen MR) is 86.9 cm³/mol. The third-order valence-electron chi connectivity index (χ3n) is 3.43. The fourth-order valence-electron chi connectivity index (χ4n) is 2.26. The number of carbonyl (C=O) groups excluding carboxylic acids is 1. The van der Waals surface area contributed by atoms with Crippen LogP contribution in [-0.2, 0) is 34.5 Å². The Hall–Kier alpha value is -1.06. The van der Waals surface area contributed by atoms with Crippen molar-refractivity contribution in [3.05, 3.63) is 17.5 Å². The average Bonchev–Trinajstić information content (AvgIpc) is 2.86. The summed E-state index contributed by atoms with van der Waals surface area (Å²) in [4.78, 5) is 11.7. The largest absolute Gasteiger partial charge is 0.350 e. The quantitative estimate of drug-likeness (QED) is 0.723. The molecule has 22 heavy (non-hydrogen) atoms. The molecule has 0 radical (unpaired) electrons. The third kappa shape index (κ3) is 4.72. The van der Waals surface area contributed by atoms with Crippen molar-refractivity contribution in [1.29, 1.82) is 0 Å². The van der Waals surface area contributed by atoms with Crippen molar-refractivity contribution >= 4 is 27.7 Å². The maximum absolute atomic E-state index is 11.7. The first-order chi connectivity index (χ1) is 10.4. The Kier molecular flexibility index (Phi) is 5.87. The molecule has 2 heterocycles. The van der Waals surface area contributed by atoms with E-state index >= 15 is 0 Å². The first kappa shape index (κ1) is 17.3. The van der Waals surface area contributed by atoms with Crippen molar-refractivity contribution in [2.24, 2.45) is 0 Å². The molecule has 0 unspecified atom stereocenters. The van der Waals surface area contributed by atoms with Gasteiger partial charge in [-0.15, -0.1) is 0 Å². The lowest BCUT2D eigenvalue weighted by Crippen LogP contribution is -2.37. The number of carbonyl (C=O) groups is 1. The summed E-state index contributed by atoms with van der Waals surface area (Å²) in [6.45, 7) is 3.77. The summed E-state index contributed by atoms with van der Waals surface area (Å²) < 4.78 is 26.4. The highest BCUT2D eigenvalue weighted by atomic mass is 32.2. The molecule has 124 valence electrons. The zero-order valence-corrected chi connectivity index (χ0v) is 14.5. The summed E-state index contributed by atoms with van der Waals surface area (Å²) >= 11 is 1.74. The Morgan fingerprint density at radius 2 is 2.23 bits per heavy atom. The SMILES string of the molecule is CCSCCC(=O)NCc1cc2n(n1)CCN(S(C)(=O)=O)C2. The molecule has 1 aliphatic rings. The standard InChI is InChI=1S/C13H22N4O3S2/c1-3-21-7-4-13(18)14-9-11-8-12-10-16(22(2,19)20)5-6-17(12)15-11/h8H,3-7,9-10H2,1-2H3,(H,14,18). The number of thioether (sulfide) groups is 1. The van der Waals surface area contributed by atoms with Gasteiger partial charge in [0, 0.05) is 18.7 Å². The zero-order chi connectivity index (χ0) is 16.2. The second kappa shape index (κ2) is 7.47. The van der Waals surface area contributed by atoms with Crippen LogP contribution < -0.4 is 5.32 Å². The van der Waals surface area contributed by atoms with E-state index in [-0.39, 0.29) is 5.91 Å². The Balaban J connectivity index is 1.88. The minimum atomic E-state index is -3.18. The van der Waals surface area contributed by atoms with Crippen LogP contribution in [0.5, 0.6) is 0 Å². The van der Waals surface area contributed by atoms with E-state index in [2.05, 4.69) is 17.3 Å². The van der Waals surface area contributed by atoms with Crippen LogP contribution in [0.4, 0.5) is 0 Å². The summed E-state index contributed by atoms with van der Waals surface area (Å²) in [7, 11) is -3.18. The van der Waals surface area contributed by atoms with Gasteiger partial charge in [-0.25, -0.2) is 8.42 Å². The van der Waals surface area contributed by atoms with E-state index in [1.807, 2.05) is 10.7 Å². The molecule has 1 N–H and O–H groups in total. The van der Waals surface area contributed by atoms with E-state index in [0.717, 1.165) is 22.9 Å². The number of amides is 1. The number of hydrogen-bond donors (Lipinski definition) is 1. The fraction of sp³-hybridized carbons (Fsp3) is 0.692. The molecule has 7 nitrogen and oxygen atoms in total. The first-order valence-corrected chi connectivity index (χ1v) is 10.3. The van der Waals surface area contributed by atoms with Gasteiger partial charge in [0.2, 0.25) is 15.9 Å². The molecule has 0 spiro atoms. The van der Waals surface area contributed by atoms with Gasteiger partial charge in [0.15, 0.2) is 0 Å². The summed E-state index contributed by atoms with van der Waals surface area (Å²) in [5, 5.41) is 7.26. The van der Waals surface area contributed by atoms with Crippen LogP contribution in [0.2, 0.25) is 0 Å². The van der Waals surface area contributed by atoms with Crippen LogP contribution in [0.3, 0.4) is 0 Å². The molecule has 0 saturated heterocycles. The van der Waals surface area contributed by atoms with Gasteiger partial charge in [0.05, 0.1) is 37.3 Å². The molecular weight excluding hydrogens is 324 g/mol. The van der Waals surface area contributed by atoms with Gasteiger partial charge in [-0.1, -0.05) is 6.92 Å². The van der Waals surface area contributed by atoms with E-state index in [1.165, 1.54) is 10.6 Å². The number of nitrogens with one attached hydrogen (secondary N) is 1. The molecule has 0 aliphatic carbocycles. The molecule has 9 heteroatoms. The van der Waals surface area contributed by atoms with Gasteiger partial charge in [-0.3, -0.25) is 9.48 Å². The normalized spacial score (nSPS) is 15.5. The van der Waals surface area contributed by atoms with E-state index in [0.29, 0.717) is 32.6 Å². The highest BCUT2D eigenvalue weighted by Crippen LogP contribution is 2.16. The van der Waals surface area contributed by atoms with Crippen molar-refractivity contribution in [2.45, 2.75) is 33.0 Å². The van der Waals surface area contributed by atoms with Crippen LogP contribution in [0.1, 0.15) is 24.7 Å². The number of fused-ring (bicyclic) bond motifs is 1. The molecule has 1 amide bonds. The van der Waals surface area contributed by atoms with E-state index in [1.54, 1.807) is 11.8 Å². The Bertz CT molecular complexity index is 627. The maximum atomic E-state index is 11.7. The summed E-state index contributed by atoms with van der Waals surface area (Å²) in [6.07, 6.45) is 1.72. The fourth-order valence-corrected chi connectivity index (χ4v) is 3.66. The van der Waals surface area contributed by atoms with Crippen LogP contribution in [-0.4, -0.2) is 52.7 Å². The number of nitrogens with zero attached hydrogens (tertiary/aromatic N) is 3. The van der Waals surface area contributed by atoms with Gasteiger partial charge < -0.3 is 5.32 Å². The minimum Gasteiger partial charge on any atom is -0.350 e. The molecular formula is C13H22N4O3S2. The average molecular weight is 346 g/mol. The topological polar surface area (TPSA) is 84.3 Å². The summed E-state index contributed by atoms with van der Waals surface area (Å²) in [6, 6.07) is 1.86. The molecule has 0 bridgehead atoms. The van der Waals surface area contributed by atoms with Crippen LogP contribution in [0.15, 0.2) is 6.07 Å². The minimum absolute atomic E-state index is 0.0182. The van der Waals surface area contributed by atoms with Crippen LogP contribution in [0, 0.1) is 0 Å². The smallest absolute Gasteiger partial charge is 0.221 e. The van der Waals surface area contributed by atoms with Crippen LogP contribution in [0.25, 0.3) is 0 Å². The monoisotopic (exact) mass is 346 g/mol. The molecule has 1 aromatic rings. The Morgan fingerprint density at radius 1 is 1.45 bits per heavy atom. The van der Waals surface area contributed by atoms with E-state index in [9.17, 15) is 13.2 Å². The highest BCUT2D eigenvalue weighted by Gasteiger charge is 2.24. The lowest BCUT2D eigenvalue weighted by Gasteiger charge is -2.25. The van der Waals surface area contributed by atoms with E-state index < -0.39 is 10.0 Å². The number of aromatic nitrogens is 2. The molecule has 1 aliphatic heterocycles. The second-order valence-electron chi connectivity index (χ2n) is 5.17. The molecule has 0 atom stereocenters. The van der Waals surface area contributed by atoms with Crippen molar-refractivity contribution in [3.63, 3.8) is 0 Å². The number of rotatable bonds is 7. The number of hydrogen-bond acceptors (Lipinski definition) is 5. The van der Waals surface area contributed by atoms with Gasteiger partial charge in [0.1, 0.15) is 0 Å². The molecule has 0 saturated carbocycles. The molecule has 2 rings (SSSR count). The van der Waals surface area contributed by atoms with Gasteiger partial charge >= 0.3 is 0 Å². The Morgan fingerprint density at radius 3 is 2.91 bits per heavy atom. The van der Waals surface area contributed by atoms with Gasteiger partial charge in [-0.05, 0) is 11.8 Å². The highest BCUT2D eigenvalue weighted by molar-refractivity contribution is 7.99. The molecule has 1 aromatic heterocycles. The molecule has 0 fully saturated rings. The van der Waals surface area contributed by atoms with Gasteiger partial charge in [0.25, 0.3) is 0 Å². The summed E-state index contributed by atoms with van der Waals surface area (Å²) in [5.41, 5.74) is 1.63. The predicted octanol–water partition coefficient (Wildman–Crippen LogP) is 0.418.